The normalized spacial score (nSPS) is 11.5. The fraction of sp³-hybridized carbons (Fsp3) is 0.238. The van der Waals surface area contributed by atoms with Crippen LogP contribution in [0.5, 0.6) is 5.75 Å². The van der Waals surface area contributed by atoms with Gasteiger partial charge in [0.25, 0.3) is 10.1 Å². The third-order valence-electron chi connectivity index (χ3n) is 4.52. The van der Waals surface area contributed by atoms with Gasteiger partial charge in [-0.1, -0.05) is 18.2 Å². The van der Waals surface area contributed by atoms with Gasteiger partial charge < -0.3 is 10.1 Å². The molecule has 0 aliphatic rings. The van der Waals surface area contributed by atoms with E-state index in [9.17, 15) is 17.2 Å². The summed E-state index contributed by atoms with van der Waals surface area (Å²) in [6.45, 7) is -0.945. The molecule has 10 heteroatoms. The lowest BCUT2D eigenvalue weighted by Crippen LogP contribution is -2.05. The first kappa shape index (κ1) is 22.6. The first-order valence-electron chi connectivity index (χ1n) is 9.38. The van der Waals surface area contributed by atoms with Crippen molar-refractivity contribution in [3.05, 3.63) is 66.0 Å². The van der Waals surface area contributed by atoms with Crippen LogP contribution in [0.4, 0.5) is 20.4 Å². The predicted octanol–water partition coefficient (Wildman–Crippen LogP) is 4.62. The molecule has 0 atom stereocenters. The summed E-state index contributed by atoms with van der Waals surface area (Å²) < 4.78 is 59.5. The molecule has 0 amide bonds. The Morgan fingerprint density at radius 1 is 1.06 bits per heavy atom. The number of nitrogens with zero attached hydrogens (tertiary/aromatic N) is 2. The number of anilines is 2. The highest BCUT2D eigenvalue weighted by Gasteiger charge is 2.08. The van der Waals surface area contributed by atoms with Crippen LogP contribution in [0.3, 0.4) is 0 Å². The molecule has 3 rings (SSSR count). The average molecular weight is 449 g/mol. The van der Waals surface area contributed by atoms with Crippen LogP contribution in [-0.2, 0) is 16.5 Å². The van der Waals surface area contributed by atoms with Gasteiger partial charge in [-0.3, -0.25) is 4.55 Å². The third kappa shape index (κ3) is 6.97. The van der Waals surface area contributed by atoms with Crippen LogP contribution in [0.15, 0.2) is 54.9 Å². The Morgan fingerprint density at radius 3 is 2.35 bits per heavy atom. The Hall–Kier alpha value is -3.11. The molecule has 31 heavy (non-hydrogen) atoms. The summed E-state index contributed by atoms with van der Waals surface area (Å²) in [6.07, 6.45) is 4.04. The Morgan fingerprint density at radius 2 is 1.74 bits per heavy atom. The molecule has 2 N–H and O–H groups in total. The van der Waals surface area contributed by atoms with Crippen molar-refractivity contribution in [2.45, 2.75) is 26.4 Å². The molecule has 0 unspecified atom stereocenters. The van der Waals surface area contributed by atoms with Crippen molar-refractivity contribution in [2.75, 3.05) is 11.1 Å². The van der Waals surface area contributed by atoms with E-state index in [2.05, 4.69) is 20.0 Å². The molecule has 1 aromatic heterocycles. The molecular weight excluding hydrogens is 428 g/mol. The lowest BCUT2D eigenvalue weighted by molar-refractivity contribution is -0.0498. The zero-order chi connectivity index (χ0) is 22.4. The highest BCUT2D eigenvalue weighted by Crippen LogP contribution is 2.24. The molecule has 7 nitrogen and oxygen atoms in total. The molecule has 0 bridgehead atoms. The molecule has 0 spiro atoms. The SMILES string of the molecule is Cc1ccc(Nc2ncc(-c3ccc(OC(F)F)cc3)cn2)cc1CCCS(=O)(=O)O. The number of hydrogen-bond acceptors (Lipinski definition) is 6. The van der Waals surface area contributed by atoms with Crippen molar-refractivity contribution in [3.8, 4) is 16.9 Å². The average Bonchev–Trinajstić information content (AvgIpc) is 2.70. The van der Waals surface area contributed by atoms with Gasteiger partial charge in [0.2, 0.25) is 5.95 Å². The molecule has 1 heterocycles. The summed E-state index contributed by atoms with van der Waals surface area (Å²) in [5, 5.41) is 3.09. The van der Waals surface area contributed by atoms with E-state index >= 15 is 0 Å². The van der Waals surface area contributed by atoms with Crippen LogP contribution in [0.25, 0.3) is 11.1 Å². The number of halogens is 2. The highest BCUT2D eigenvalue weighted by molar-refractivity contribution is 7.85. The molecule has 0 radical (unpaired) electrons. The molecule has 3 aromatic rings. The van der Waals surface area contributed by atoms with Gasteiger partial charge >= 0.3 is 6.61 Å². The van der Waals surface area contributed by atoms with Crippen molar-refractivity contribution in [1.82, 2.24) is 9.97 Å². The molecule has 164 valence electrons. The molecule has 0 saturated heterocycles. The number of ether oxygens (including phenoxy) is 1. The molecule has 0 fully saturated rings. The number of benzene rings is 2. The Labute approximate surface area is 178 Å². The third-order valence-corrected chi connectivity index (χ3v) is 5.32. The Bertz CT molecular complexity index is 1120. The summed E-state index contributed by atoms with van der Waals surface area (Å²) in [5.74, 6) is 0.156. The molecule has 0 aliphatic carbocycles. The van der Waals surface area contributed by atoms with Crippen LogP contribution in [0.1, 0.15) is 17.5 Å². The van der Waals surface area contributed by atoms with Gasteiger partial charge in [0.05, 0.1) is 5.75 Å². The quantitative estimate of drug-likeness (QED) is 0.460. The van der Waals surface area contributed by atoms with E-state index < -0.39 is 16.7 Å². The van der Waals surface area contributed by atoms with Crippen molar-refractivity contribution in [1.29, 1.82) is 0 Å². The molecule has 0 saturated carbocycles. The highest BCUT2D eigenvalue weighted by atomic mass is 32.2. The van der Waals surface area contributed by atoms with Gasteiger partial charge in [-0.15, -0.1) is 0 Å². The fourth-order valence-corrected chi connectivity index (χ4v) is 3.47. The second-order valence-electron chi connectivity index (χ2n) is 6.85. The first-order chi connectivity index (χ1) is 14.7. The standard InChI is InChI=1S/C21H21F2N3O4S/c1-14-4-7-18(11-16(14)3-2-10-31(27,28)29)26-21-24-12-17(13-25-21)15-5-8-19(9-6-15)30-20(22)23/h4-9,11-13,20H,2-3,10H2,1H3,(H,24,25,26)(H,27,28,29). The van der Waals surface area contributed by atoms with E-state index in [1.807, 2.05) is 25.1 Å². The maximum absolute atomic E-state index is 12.2. The van der Waals surface area contributed by atoms with Gasteiger partial charge in [-0.25, -0.2) is 9.97 Å². The van der Waals surface area contributed by atoms with E-state index in [4.69, 9.17) is 4.55 Å². The topological polar surface area (TPSA) is 101 Å². The van der Waals surface area contributed by atoms with Gasteiger partial charge in [0.1, 0.15) is 5.75 Å². The lowest BCUT2D eigenvalue weighted by Gasteiger charge is -2.10. The van der Waals surface area contributed by atoms with Crippen LogP contribution < -0.4 is 10.1 Å². The lowest BCUT2D eigenvalue weighted by atomic mass is 10.0. The van der Waals surface area contributed by atoms with Crippen LogP contribution in [-0.4, -0.2) is 35.3 Å². The zero-order valence-corrected chi connectivity index (χ0v) is 17.4. The second-order valence-corrected chi connectivity index (χ2v) is 8.43. The monoisotopic (exact) mass is 449 g/mol. The van der Waals surface area contributed by atoms with Crippen LogP contribution in [0.2, 0.25) is 0 Å². The van der Waals surface area contributed by atoms with Crippen molar-refractivity contribution in [2.24, 2.45) is 0 Å². The maximum Gasteiger partial charge on any atom is 0.387 e. The summed E-state index contributed by atoms with van der Waals surface area (Å²) in [6, 6.07) is 11.8. The summed E-state index contributed by atoms with van der Waals surface area (Å²) in [4.78, 5) is 8.56. The van der Waals surface area contributed by atoms with Crippen molar-refractivity contribution in [3.63, 3.8) is 0 Å². The minimum absolute atomic E-state index is 0.0738. The van der Waals surface area contributed by atoms with Crippen LogP contribution in [0, 0.1) is 6.92 Å². The number of aryl methyl sites for hydroxylation is 2. The molecule has 0 aliphatic heterocycles. The predicted molar refractivity (Wildman–Crippen MR) is 113 cm³/mol. The second kappa shape index (κ2) is 9.80. The fourth-order valence-electron chi connectivity index (χ4n) is 2.96. The summed E-state index contributed by atoms with van der Waals surface area (Å²) in [7, 11) is -3.98. The Balaban J connectivity index is 1.66. The number of rotatable bonds is 9. The van der Waals surface area contributed by atoms with Crippen LogP contribution >= 0.6 is 0 Å². The maximum atomic E-state index is 12.2. The first-order valence-corrected chi connectivity index (χ1v) is 11.0. The molecule has 2 aromatic carbocycles. The van der Waals surface area contributed by atoms with Gasteiger partial charge in [-0.2, -0.15) is 17.2 Å². The largest absolute Gasteiger partial charge is 0.435 e. The van der Waals surface area contributed by atoms with E-state index in [-0.39, 0.29) is 11.5 Å². The zero-order valence-electron chi connectivity index (χ0n) is 16.6. The minimum atomic E-state index is -3.98. The van der Waals surface area contributed by atoms with Crippen molar-refractivity contribution >= 4 is 21.8 Å². The smallest absolute Gasteiger partial charge is 0.387 e. The molecular formula is C21H21F2N3O4S. The van der Waals surface area contributed by atoms with Gasteiger partial charge in [0.15, 0.2) is 0 Å². The number of aromatic nitrogens is 2. The number of alkyl halides is 2. The Kier molecular flexibility index (Phi) is 7.13. The van der Waals surface area contributed by atoms with E-state index in [1.165, 1.54) is 12.1 Å². The van der Waals surface area contributed by atoms with E-state index in [0.29, 0.717) is 24.4 Å². The van der Waals surface area contributed by atoms with Gasteiger partial charge in [0, 0.05) is 23.6 Å². The van der Waals surface area contributed by atoms with Crippen molar-refractivity contribution < 1.29 is 26.5 Å². The number of nitrogens with one attached hydrogen (secondary N) is 1. The minimum Gasteiger partial charge on any atom is -0.435 e. The van der Waals surface area contributed by atoms with E-state index in [0.717, 1.165) is 22.4 Å². The summed E-state index contributed by atoms with van der Waals surface area (Å²) in [5.41, 5.74) is 4.18. The van der Waals surface area contributed by atoms with Gasteiger partial charge in [-0.05, 0) is 60.7 Å². The summed E-state index contributed by atoms with van der Waals surface area (Å²) >= 11 is 0. The van der Waals surface area contributed by atoms with E-state index in [1.54, 1.807) is 24.5 Å². The number of hydrogen-bond donors (Lipinski definition) is 2.